The highest BCUT2D eigenvalue weighted by Gasteiger charge is 2.26. The van der Waals surface area contributed by atoms with Crippen molar-refractivity contribution >= 4 is 0 Å². The molecule has 0 spiro atoms. The lowest BCUT2D eigenvalue weighted by atomic mass is 9.74. The Kier molecular flexibility index (Phi) is 10.4. The van der Waals surface area contributed by atoms with E-state index in [1.807, 2.05) is 24.3 Å². The summed E-state index contributed by atoms with van der Waals surface area (Å²) in [6.45, 7) is 6.01. The van der Waals surface area contributed by atoms with E-state index in [0.717, 1.165) is 61.0 Å². The average Bonchev–Trinajstić information content (AvgIpc) is 2.92. The lowest BCUT2D eigenvalue weighted by molar-refractivity contribution is 0.225. The maximum absolute atomic E-state index is 14.9. The molecule has 37 heavy (non-hydrogen) atoms. The molecule has 198 valence electrons. The minimum Gasteiger partial charge on any atom is -0.206 e. The van der Waals surface area contributed by atoms with Crippen LogP contribution in [0.1, 0.15) is 119 Å². The predicted octanol–water partition coefficient (Wildman–Crippen LogP) is 10.1. The fraction of sp³-hybridized carbons (Fsp3) is 0.543. The SMILES string of the molecule is C=CCC[C@H]1CC[C@H](CC[C@H]2CC[C@H](c3cc(F)c(C#Cc4ccc(CCC)cc4)c(F)c3)CC2)CC1. The first-order valence-corrected chi connectivity index (χ1v) is 14.8. The Labute approximate surface area is 224 Å². The summed E-state index contributed by atoms with van der Waals surface area (Å²) in [4.78, 5) is 0. The summed E-state index contributed by atoms with van der Waals surface area (Å²) in [6.07, 6.45) is 19.4. The van der Waals surface area contributed by atoms with Crippen molar-refractivity contribution < 1.29 is 8.78 Å². The van der Waals surface area contributed by atoms with Gasteiger partial charge in [0, 0.05) is 5.56 Å². The lowest BCUT2D eigenvalue weighted by Crippen LogP contribution is -2.18. The van der Waals surface area contributed by atoms with Gasteiger partial charge in [-0.15, -0.1) is 6.58 Å². The molecule has 0 atom stereocenters. The smallest absolute Gasteiger partial charge is 0.142 e. The standard InChI is InChI=1S/C35H44F2/c1-3-5-7-27-10-14-28(15-11-27)16-17-30-18-21-31(22-19-30)32-24-34(36)33(35(37)25-32)23-20-29-12-8-26(6-4-2)9-13-29/h3,8-9,12-13,24-25,27-28,30-31H,1,4-7,10-11,14-19,21-22H2,2H3/t27-,28-,30-,31-. The van der Waals surface area contributed by atoms with E-state index in [-0.39, 0.29) is 11.5 Å². The summed E-state index contributed by atoms with van der Waals surface area (Å²) >= 11 is 0. The van der Waals surface area contributed by atoms with Gasteiger partial charge in [-0.2, -0.15) is 0 Å². The minimum absolute atomic E-state index is 0.116. The van der Waals surface area contributed by atoms with E-state index in [4.69, 9.17) is 0 Å². The molecule has 2 aliphatic carbocycles. The second kappa shape index (κ2) is 13.9. The van der Waals surface area contributed by atoms with Crippen molar-refractivity contribution in [2.75, 3.05) is 0 Å². The zero-order valence-corrected chi connectivity index (χ0v) is 22.7. The molecule has 0 aromatic heterocycles. The van der Waals surface area contributed by atoms with Crippen LogP contribution < -0.4 is 0 Å². The van der Waals surface area contributed by atoms with E-state index in [2.05, 4.69) is 31.4 Å². The summed E-state index contributed by atoms with van der Waals surface area (Å²) in [7, 11) is 0. The number of allylic oxidation sites excluding steroid dienone is 1. The number of rotatable bonds is 9. The fourth-order valence-electron chi connectivity index (χ4n) is 6.54. The van der Waals surface area contributed by atoms with Crippen molar-refractivity contribution in [3.05, 3.63) is 82.9 Å². The van der Waals surface area contributed by atoms with Crippen LogP contribution in [0.25, 0.3) is 0 Å². The Morgan fingerprint density at radius 3 is 1.86 bits per heavy atom. The van der Waals surface area contributed by atoms with Gasteiger partial charge in [-0.3, -0.25) is 0 Å². The van der Waals surface area contributed by atoms with Crippen LogP contribution >= 0.6 is 0 Å². The molecule has 2 fully saturated rings. The molecule has 0 N–H and O–H groups in total. The third kappa shape index (κ3) is 8.04. The highest BCUT2D eigenvalue weighted by Crippen LogP contribution is 2.40. The second-order valence-corrected chi connectivity index (χ2v) is 11.6. The molecule has 0 saturated heterocycles. The summed E-state index contributed by atoms with van der Waals surface area (Å²) in [5.74, 6) is 7.47. The molecule has 2 aliphatic rings. The van der Waals surface area contributed by atoms with Gasteiger partial charge >= 0.3 is 0 Å². The topological polar surface area (TPSA) is 0 Å². The van der Waals surface area contributed by atoms with Crippen LogP contribution in [0, 0.1) is 41.2 Å². The van der Waals surface area contributed by atoms with Crippen LogP contribution in [-0.2, 0) is 6.42 Å². The fourth-order valence-corrected chi connectivity index (χ4v) is 6.54. The molecule has 0 aliphatic heterocycles. The molecule has 0 unspecified atom stereocenters. The normalized spacial score (nSPS) is 23.8. The number of benzene rings is 2. The van der Waals surface area contributed by atoms with Gasteiger partial charge < -0.3 is 0 Å². The van der Waals surface area contributed by atoms with Crippen LogP contribution in [0.15, 0.2) is 49.1 Å². The Bertz CT molecular complexity index is 1030. The molecule has 0 amide bonds. The van der Waals surface area contributed by atoms with Gasteiger partial charge in [-0.05, 0) is 104 Å². The van der Waals surface area contributed by atoms with Crippen molar-refractivity contribution in [2.45, 2.75) is 103 Å². The van der Waals surface area contributed by atoms with E-state index in [0.29, 0.717) is 0 Å². The quantitative estimate of drug-likeness (QED) is 0.236. The van der Waals surface area contributed by atoms with Gasteiger partial charge in [0.2, 0.25) is 0 Å². The number of hydrogen-bond acceptors (Lipinski definition) is 0. The first-order chi connectivity index (χ1) is 18.1. The van der Waals surface area contributed by atoms with Crippen molar-refractivity contribution in [3.8, 4) is 11.8 Å². The van der Waals surface area contributed by atoms with Crippen LogP contribution in [0.2, 0.25) is 0 Å². The van der Waals surface area contributed by atoms with Gasteiger partial charge in [0.05, 0.1) is 5.56 Å². The number of aryl methyl sites for hydroxylation is 1. The van der Waals surface area contributed by atoms with E-state index in [1.54, 1.807) is 0 Å². The molecule has 0 bridgehead atoms. The monoisotopic (exact) mass is 502 g/mol. The van der Waals surface area contributed by atoms with Gasteiger partial charge in [0.25, 0.3) is 0 Å². The average molecular weight is 503 g/mol. The number of halogens is 2. The molecular weight excluding hydrogens is 458 g/mol. The zero-order valence-electron chi connectivity index (χ0n) is 22.7. The molecular formula is C35H44F2. The summed E-state index contributed by atoms with van der Waals surface area (Å²) in [5, 5.41) is 0. The van der Waals surface area contributed by atoms with Crippen molar-refractivity contribution in [3.63, 3.8) is 0 Å². The molecule has 0 radical (unpaired) electrons. The summed E-state index contributed by atoms with van der Waals surface area (Å²) < 4.78 is 29.8. The summed E-state index contributed by atoms with van der Waals surface area (Å²) in [5.41, 5.74) is 2.73. The Morgan fingerprint density at radius 2 is 1.32 bits per heavy atom. The molecule has 4 rings (SSSR count). The highest BCUT2D eigenvalue weighted by molar-refractivity contribution is 5.46. The largest absolute Gasteiger partial charge is 0.206 e. The third-order valence-electron chi connectivity index (χ3n) is 8.94. The maximum atomic E-state index is 14.9. The summed E-state index contributed by atoms with van der Waals surface area (Å²) in [6, 6.07) is 11.0. The van der Waals surface area contributed by atoms with Crippen molar-refractivity contribution in [1.82, 2.24) is 0 Å². The Balaban J connectivity index is 1.26. The Hall–Kier alpha value is -2.40. The van der Waals surface area contributed by atoms with Gasteiger partial charge in [0.15, 0.2) is 0 Å². The molecule has 2 saturated carbocycles. The molecule has 2 aromatic carbocycles. The van der Waals surface area contributed by atoms with Crippen molar-refractivity contribution in [2.24, 2.45) is 17.8 Å². The second-order valence-electron chi connectivity index (χ2n) is 11.6. The molecule has 2 heteroatoms. The number of hydrogen-bond donors (Lipinski definition) is 0. The van der Waals surface area contributed by atoms with Gasteiger partial charge in [0.1, 0.15) is 11.6 Å². The highest BCUT2D eigenvalue weighted by atomic mass is 19.1. The molecule has 0 heterocycles. The van der Waals surface area contributed by atoms with Crippen molar-refractivity contribution in [1.29, 1.82) is 0 Å². The van der Waals surface area contributed by atoms with Crippen LogP contribution in [0.5, 0.6) is 0 Å². The van der Waals surface area contributed by atoms with Crippen LogP contribution in [0.4, 0.5) is 8.78 Å². The maximum Gasteiger partial charge on any atom is 0.142 e. The van der Waals surface area contributed by atoms with E-state index in [9.17, 15) is 8.78 Å². The van der Waals surface area contributed by atoms with E-state index < -0.39 is 11.6 Å². The van der Waals surface area contributed by atoms with E-state index >= 15 is 0 Å². The predicted molar refractivity (Wildman–Crippen MR) is 152 cm³/mol. The van der Waals surface area contributed by atoms with Gasteiger partial charge in [-0.1, -0.05) is 81.9 Å². The van der Waals surface area contributed by atoms with Gasteiger partial charge in [-0.25, -0.2) is 8.78 Å². The Morgan fingerprint density at radius 1 is 0.784 bits per heavy atom. The molecule has 2 aromatic rings. The third-order valence-corrected chi connectivity index (χ3v) is 8.94. The lowest BCUT2D eigenvalue weighted by Gasteiger charge is -2.32. The molecule has 0 nitrogen and oxygen atoms in total. The van der Waals surface area contributed by atoms with Crippen LogP contribution in [-0.4, -0.2) is 0 Å². The first-order valence-electron chi connectivity index (χ1n) is 14.8. The first kappa shape index (κ1) is 27.6. The van der Waals surface area contributed by atoms with Crippen LogP contribution in [0.3, 0.4) is 0 Å². The van der Waals surface area contributed by atoms with E-state index in [1.165, 1.54) is 75.5 Å². The zero-order chi connectivity index (χ0) is 26.0. The minimum atomic E-state index is -0.532.